The lowest BCUT2D eigenvalue weighted by Gasteiger charge is -2.11. The fraction of sp³-hybridized carbons (Fsp3) is 0.286. The van der Waals surface area contributed by atoms with E-state index in [1.165, 1.54) is 6.07 Å². The van der Waals surface area contributed by atoms with Crippen LogP contribution in [0.15, 0.2) is 24.3 Å². The average Bonchev–Trinajstić information content (AvgIpc) is 3.10. The topological polar surface area (TPSA) is 75.2 Å². The van der Waals surface area contributed by atoms with Gasteiger partial charge in [-0.15, -0.1) is 0 Å². The van der Waals surface area contributed by atoms with Crippen molar-refractivity contribution in [3.05, 3.63) is 40.5 Å². The molecule has 0 amide bonds. The van der Waals surface area contributed by atoms with Gasteiger partial charge in [0.1, 0.15) is 5.69 Å². The molecule has 2 heterocycles. The van der Waals surface area contributed by atoms with Gasteiger partial charge in [0.25, 0.3) is 0 Å². The van der Waals surface area contributed by atoms with E-state index in [9.17, 15) is 4.79 Å². The fourth-order valence-corrected chi connectivity index (χ4v) is 2.71. The molecule has 1 aliphatic heterocycles. The summed E-state index contributed by atoms with van der Waals surface area (Å²) < 4.78 is 5.37. The predicted octanol–water partition coefficient (Wildman–Crippen LogP) is 2.93. The number of aromatic nitrogens is 2. The second kappa shape index (κ2) is 5.26. The van der Waals surface area contributed by atoms with Gasteiger partial charge in [-0.1, -0.05) is 23.7 Å². The van der Waals surface area contributed by atoms with E-state index in [2.05, 4.69) is 10.2 Å². The number of ether oxygens (including phenoxy) is 1. The van der Waals surface area contributed by atoms with Gasteiger partial charge in [0.15, 0.2) is 0 Å². The van der Waals surface area contributed by atoms with Crippen molar-refractivity contribution in [2.75, 3.05) is 13.2 Å². The third kappa shape index (κ3) is 2.42. The van der Waals surface area contributed by atoms with E-state index >= 15 is 0 Å². The minimum absolute atomic E-state index is 0.0596. The molecule has 0 spiro atoms. The number of aromatic carboxylic acids is 1. The maximum absolute atomic E-state index is 10.8. The van der Waals surface area contributed by atoms with Gasteiger partial charge in [-0.2, -0.15) is 5.10 Å². The Kier molecular flexibility index (Phi) is 3.46. The van der Waals surface area contributed by atoms with E-state index in [1.54, 1.807) is 0 Å². The number of benzene rings is 1. The lowest BCUT2D eigenvalue weighted by atomic mass is 9.97. The normalized spacial score (nSPS) is 18.4. The number of hydrogen-bond donors (Lipinski definition) is 2. The Morgan fingerprint density at radius 1 is 1.45 bits per heavy atom. The molecule has 6 heteroatoms. The third-order valence-electron chi connectivity index (χ3n) is 3.47. The lowest BCUT2D eigenvalue weighted by molar-refractivity contribution is 0.0690. The average molecular weight is 293 g/mol. The van der Waals surface area contributed by atoms with E-state index in [0.717, 1.165) is 24.2 Å². The highest BCUT2D eigenvalue weighted by atomic mass is 35.5. The molecule has 0 aliphatic carbocycles. The molecule has 20 heavy (non-hydrogen) atoms. The molecule has 1 aromatic heterocycles. The summed E-state index contributed by atoms with van der Waals surface area (Å²) in [5.74, 6) is -0.695. The van der Waals surface area contributed by atoms with Crippen LogP contribution in [-0.4, -0.2) is 34.5 Å². The van der Waals surface area contributed by atoms with Crippen LogP contribution in [0.1, 0.15) is 28.4 Å². The molecule has 1 aliphatic rings. The summed E-state index contributed by atoms with van der Waals surface area (Å²) in [4.78, 5) is 10.8. The standard InChI is InChI=1S/C14H13ClN2O3/c15-11-5-8(12-6-13(14(18)19)17-16-12)1-2-10(11)9-3-4-20-7-9/h1-2,5-6,9H,3-4,7H2,(H,16,17)(H,18,19). The number of carboxylic acid groups (broad SMARTS) is 1. The number of carboxylic acids is 1. The largest absolute Gasteiger partial charge is 0.477 e. The second-order valence-electron chi connectivity index (χ2n) is 4.77. The van der Waals surface area contributed by atoms with Crippen LogP contribution in [0.5, 0.6) is 0 Å². The van der Waals surface area contributed by atoms with Gasteiger partial charge < -0.3 is 9.84 Å². The number of carbonyl (C=O) groups is 1. The number of nitrogens with one attached hydrogen (secondary N) is 1. The van der Waals surface area contributed by atoms with Crippen molar-refractivity contribution in [3.63, 3.8) is 0 Å². The van der Waals surface area contributed by atoms with Crippen molar-refractivity contribution in [2.45, 2.75) is 12.3 Å². The van der Waals surface area contributed by atoms with Crippen LogP contribution in [0.3, 0.4) is 0 Å². The van der Waals surface area contributed by atoms with Gasteiger partial charge in [-0.05, 0) is 24.1 Å². The Labute approximate surface area is 120 Å². The van der Waals surface area contributed by atoms with Crippen LogP contribution in [0, 0.1) is 0 Å². The van der Waals surface area contributed by atoms with Crippen molar-refractivity contribution in [3.8, 4) is 11.3 Å². The lowest BCUT2D eigenvalue weighted by Crippen LogP contribution is -1.98. The molecular formula is C14H13ClN2O3. The van der Waals surface area contributed by atoms with Gasteiger partial charge in [0.05, 0.1) is 12.3 Å². The maximum Gasteiger partial charge on any atom is 0.353 e. The molecule has 2 aromatic rings. The summed E-state index contributed by atoms with van der Waals surface area (Å²) in [6, 6.07) is 7.18. The number of H-pyrrole nitrogens is 1. The molecule has 1 fully saturated rings. The monoisotopic (exact) mass is 292 g/mol. The maximum atomic E-state index is 10.8. The van der Waals surface area contributed by atoms with Crippen LogP contribution < -0.4 is 0 Å². The summed E-state index contributed by atoms with van der Waals surface area (Å²) in [7, 11) is 0. The first-order chi connectivity index (χ1) is 9.65. The van der Waals surface area contributed by atoms with Crippen molar-refractivity contribution in [2.24, 2.45) is 0 Å². The van der Waals surface area contributed by atoms with Crippen molar-refractivity contribution >= 4 is 17.6 Å². The molecule has 1 saturated heterocycles. The van der Waals surface area contributed by atoms with E-state index < -0.39 is 5.97 Å². The molecule has 104 valence electrons. The zero-order chi connectivity index (χ0) is 14.1. The van der Waals surface area contributed by atoms with E-state index in [-0.39, 0.29) is 5.69 Å². The summed E-state index contributed by atoms with van der Waals surface area (Å²) in [6.07, 6.45) is 0.977. The highest BCUT2D eigenvalue weighted by molar-refractivity contribution is 6.31. The molecule has 0 saturated carbocycles. The van der Waals surface area contributed by atoms with E-state index in [4.69, 9.17) is 21.4 Å². The summed E-state index contributed by atoms with van der Waals surface area (Å²) >= 11 is 6.32. The van der Waals surface area contributed by atoms with Crippen LogP contribution in [-0.2, 0) is 4.74 Å². The van der Waals surface area contributed by atoms with Gasteiger partial charge in [0.2, 0.25) is 0 Å². The van der Waals surface area contributed by atoms with Gasteiger partial charge in [-0.25, -0.2) is 4.79 Å². The van der Waals surface area contributed by atoms with Crippen molar-refractivity contribution < 1.29 is 14.6 Å². The Morgan fingerprint density at radius 3 is 2.90 bits per heavy atom. The number of rotatable bonds is 3. The first-order valence-corrected chi connectivity index (χ1v) is 6.69. The smallest absolute Gasteiger partial charge is 0.353 e. The first-order valence-electron chi connectivity index (χ1n) is 6.31. The van der Waals surface area contributed by atoms with Crippen molar-refractivity contribution in [1.82, 2.24) is 10.2 Å². The van der Waals surface area contributed by atoms with Crippen LogP contribution in [0.4, 0.5) is 0 Å². The number of hydrogen-bond acceptors (Lipinski definition) is 3. The SMILES string of the molecule is O=C(O)c1cc(-c2ccc(C3CCOC3)c(Cl)c2)n[nH]1. The van der Waals surface area contributed by atoms with Gasteiger partial charge >= 0.3 is 5.97 Å². The van der Waals surface area contributed by atoms with Crippen LogP contribution >= 0.6 is 11.6 Å². The highest BCUT2D eigenvalue weighted by Crippen LogP contribution is 2.33. The molecule has 5 nitrogen and oxygen atoms in total. The second-order valence-corrected chi connectivity index (χ2v) is 5.18. The highest BCUT2D eigenvalue weighted by Gasteiger charge is 2.20. The molecule has 3 rings (SSSR count). The minimum atomic E-state index is -1.03. The zero-order valence-electron chi connectivity index (χ0n) is 10.6. The minimum Gasteiger partial charge on any atom is -0.477 e. The Balaban J connectivity index is 1.90. The van der Waals surface area contributed by atoms with E-state index in [0.29, 0.717) is 23.2 Å². The predicted molar refractivity (Wildman–Crippen MR) is 74.2 cm³/mol. The molecule has 0 bridgehead atoms. The number of aromatic amines is 1. The Morgan fingerprint density at radius 2 is 2.30 bits per heavy atom. The summed E-state index contributed by atoms with van der Waals surface area (Å²) in [6.45, 7) is 1.47. The molecule has 1 unspecified atom stereocenters. The quantitative estimate of drug-likeness (QED) is 0.912. The summed E-state index contributed by atoms with van der Waals surface area (Å²) in [5, 5.41) is 16.0. The fourth-order valence-electron chi connectivity index (χ4n) is 2.38. The molecule has 1 aromatic carbocycles. The zero-order valence-corrected chi connectivity index (χ0v) is 11.4. The number of nitrogens with zero attached hydrogens (tertiary/aromatic N) is 1. The van der Waals surface area contributed by atoms with E-state index in [1.807, 2.05) is 18.2 Å². The van der Waals surface area contributed by atoms with Crippen molar-refractivity contribution in [1.29, 1.82) is 0 Å². The third-order valence-corrected chi connectivity index (χ3v) is 3.80. The van der Waals surface area contributed by atoms with Crippen LogP contribution in [0.25, 0.3) is 11.3 Å². The summed E-state index contributed by atoms with van der Waals surface area (Å²) in [5.41, 5.74) is 2.49. The first kappa shape index (κ1) is 13.1. The van der Waals surface area contributed by atoms with Gasteiger partial charge in [-0.3, -0.25) is 5.10 Å². The molecule has 0 radical (unpaired) electrons. The molecule has 2 N–H and O–H groups in total. The molecular weight excluding hydrogens is 280 g/mol. The number of halogens is 1. The Hall–Kier alpha value is -1.85. The molecule has 1 atom stereocenters. The Bertz CT molecular complexity index is 648. The van der Waals surface area contributed by atoms with Gasteiger partial charge in [0, 0.05) is 23.1 Å². The van der Waals surface area contributed by atoms with Crippen LogP contribution in [0.2, 0.25) is 5.02 Å².